The van der Waals surface area contributed by atoms with Crippen molar-refractivity contribution >= 4 is 11.4 Å². The first-order chi connectivity index (χ1) is 21.6. The standard InChI is InChI=1S/C23H16F20N2O4/c24-14(25)16(28,29)18(32,33)20(36,37)22(40,41)23(42,43)21(38,39)19(34,35)17(30,31)15(26,27)8-12-11(9-4-2-1-3-5-9)6-10(44(46)47)7-13(12)45(48)49/h6-7,9,14H,1-5,8H2. The second-order valence-corrected chi connectivity index (χ2v) is 10.7. The summed E-state index contributed by atoms with van der Waals surface area (Å²) in [5, 5.41) is 22.7. The summed E-state index contributed by atoms with van der Waals surface area (Å²) < 4.78 is 277. The fourth-order valence-electron chi connectivity index (χ4n) is 4.80. The average Bonchev–Trinajstić information content (AvgIpc) is 2.96. The molecule has 0 N–H and O–H groups in total. The Bertz CT molecular complexity index is 1430. The van der Waals surface area contributed by atoms with Gasteiger partial charge in [-0.3, -0.25) is 20.2 Å². The second-order valence-electron chi connectivity index (χ2n) is 10.7. The van der Waals surface area contributed by atoms with Gasteiger partial charge in [-0.2, -0.15) is 79.0 Å². The molecule has 0 aromatic heterocycles. The van der Waals surface area contributed by atoms with Crippen LogP contribution in [-0.4, -0.2) is 69.6 Å². The molecule has 0 atom stereocenters. The molecule has 0 unspecified atom stereocenters. The van der Waals surface area contributed by atoms with Gasteiger partial charge in [0, 0.05) is 11.6 Å². The topological polar surface area (TPSA) is 86.3 Å². The zero-order valence-corrected chi connectivity index (χ0v) is 23.1. The number of nitro groups is 2. The normalized spacial score (nSPS) is 17.1. The van der Waals surface area contributed by atoms with Crippen molar-refractivity contribution in [2.45, 2.75) is 104 Å². The van der Waals surface area contributed by atoms with E-state index in [1.807, 2.05) is 0 Å². The van der Waals surface area contributed by atoms with Gasteiger partial charge in [-0.15, -0.1) is 0 Å². The molecular formula is C23H16F20N2O4. The molecule has 0 aliphatic heterocycles. The lowest BCUT2D eigenvalue weighted by Crippen LogP contribution is -2.76. The van der Waals surface area contributed by atoms with E-state index in [9.17, 15) is 108 Å². The van der Waals surface area contributed by atoms with Gasteiger partial charge in [0.05, 0.1) is 22.3 Å². The van der Waals surface area contributed by atoms with E-state index in [2.05, 4.69) is 0 Å². The Labute approximate surface area is 257 Å². The number of alkyl halides is 20. The maximum atomic E-state index is 14.9. The van der Waals surface area contributed by atoms with Crippen LogP contribution < -0.4 is 0 Å². The number of nitrogens with zero attached hydrogens (tertiary/aromatic N) is 2. The van der Waals surface area contributed by atoms with Crippen molar-refractivity contribution in [3.8, 4) is 0 Å². The molecule has 1 fully saturated rings. The van der Waals surface area contributed by atoms with Crippen LogP contribution in [0, 0.1) is 20.2 Å². The molecule has 0 amide bonds. The molecule has 2 rings (SSSR count). The molecule has 1 aromatic rings. The maximum absolute atomic E-state index is 14.9. The number of hydrogen-bond donors (Lipinski definition) is 0. The Balaban J connectivity index is 2.78. The van der Waals surface area contributed by atoms with Crippen LogP contribution in [0.3, 0.4) is 0 Å². The zero-order valence-electron chi connectivity index (χ0n) is 23.1. The summed E-state index contributed by atoms with van der Waals surface area (Å²) in [7, 11) is 0. The van der Waals surface area contributed by atoms with Gasteiger partial charge in [-0.05, 0) is 24.3 Å². The first-order valence-corrected chi connectivity index (χ1v) is 12.8. The third kappa shape index (κ3) is 6.06. The number of hydrogen-bond acceptors (Lipinski definition) is 4. The van der Waals surface area contributed by atoms with Crippen molar-refractivity contribution in [2.75, 3.05) is 0 Å². The van der Waals surface area contributed by atoms with E-state index in [4.69, 9.17) is 0 Å². The van der Waals surface area contributed by atoms with E-state index in [0.717, 1.165) is 0 Å². The fraction of sp³-hybridized carbons (Fsp3) is 0.739. The highest BCUT2D eigenvalue weighted by molar-refractivity contribution is 5.56. The monoisotopic (exact) mass is 764 g/mol. The highest BCUT2D eigenvalue weighted by Gasteiger charge is 2.96. The summed E-state index contributed by atoms with van der Waals surface area (Å²) in [6.45, 7) is 0. The van der Waals surface area contributed by atoms with Gasteiger partial charge in [0.25, 0.3) is 11.4 Å². The van der Waals surface area contributed by atoms with E-state index < -0.39 is 104 Å². The molecule has 1 aliphatic carbocycles. The Kier molecular flexibility index (Phi) is 10.6. The van der Waals surface area contributed by atoms with Crippen molar-refractivity contribution < 1.29 is 97.7 Å². The van der Waals surface area contributed by atoms with Crippen LogP contribution in [0.5, 0.6) is 0 Å². The van der Waals surface area contributed by atoms with Crippen LogP contribution in [0.15, 0.2) is 12.1 Å². The molecule has 282 valence electrons. The highest BCUT2D eigenvalue weighted by atomic mass is 19.4. The summed E-state index contributed by atoms with van der Waals surface area (Å²) in [6, 6.07) is 0.0558. The van der Waals surface area contributed by atoms with Gasteiger partial charge in [0.15, 0.2) is 0 Å². The van der Waals surface area contributed by atoms with Gasteiger partial charge in [0.1, 0.15) is 0 Å². The first-order valence-electron chi connectivity index (χ1n) is 12.8. The SMILES string of the molecule is O=[N+]([O-])c1cc(C2CCCCC2)c(CC(F)(F)C(F)(F)C(F)(F)C(F)(F)C(F)(F)C(F)(F)C(F)(F)C(F)(F)C(F)(F)C(F)F)c([N+](=O)[O-])c1. The number of rotatable bonds is 14. The summed E-state index contributed by atoms with van der Waals surface area (Å²) in [4.78, 5) is 19.6. The smallest absolute Gasteiger partial charge is 0.258 e. The summed E-state index contributed by atoms with van der Waals surface area (Å²) in [5.41, 5.74) is -6.06. The average molecular weight is 764 g/mol. The maximum Gasteiger partial charge on any atom is 0.385 e. The van der Waals surface area contributed by atoms with Crippen molar-refractivity contribution in [3.05, 3.63) is 43.5 Å². The van der Waals surface area contributed by atoms with Gasteiger partial charge in [0.2, 0.25) is 0 Å². The van der Waals surface area contributed by atoms with Crippen LogP contribution in [0.4, 0.5) is 99.2 Å². The van der Waals surface area contributed by atoms with E-state index in [-0.39, 0.29) is 37.8 Å². The predicted octanol–water partition coefficient (Wildman–Crippen LogP) is 10.1. The zero-order chi connectivity index (χ0) is 38.8. The lowest BCUT2D eigenvalue weighted by atomic mass is 9.79. The summed E-state index contributed by atoms with van der Waals surface area (Å²) >= 11 is 0. The van der Waals surface area contributed by atoms with E-state index in [1.54, 1.807) is 0 Å². The Hall–Kier alpha value is -3.38. The number of benzene rings is 1. The minimum atomic E-state index is -9.19. The molecule has 0 radical (unpaired) electrons. The molecule has 0 spiro atoms. The highest BCUT2D eigenvalue weighted by Crippen LogP contribution is 2.65. The molecule has 49 heavy (non-hydrogen) atoms. The Morgan fingerprint density at radius 3 is 1.35 bits per heavy atom. The molecule has 0 bridgehead atoms. The Morgan fingerprint density at radius 2 is 0.980 bits per heavy atom. The van der Waals surface area contributed by atoms with Crippen LogP contribution in [0.1, 0.15) is 49.1 Å². The fourth-order valence-corrected chi connectivity index (χ4v) is 4.80. The largest absolute Gasteiger partial charge is 0.385 e. The molecule has 1 aliphatic rings. The molecule has 0 heterocycles. The minimum absolute atomic E-state index is 0.133. The van der Waals surface area contributed by atoms with E-state index >= 15 is 0 Å². The van der Waals surface area contributed by atoms with Crippen molar-refractivity contribution in [2.24, 2.45) is 0 Å². The van der Waals surface area contributed by atoms with E-state index in [0.29, 0.717) is 6.42 Å². The van der Waals surface area contributed by atoms with Crippen molar-refractivity contribution in [1.29, 1.82) is 0 Å². The molecule has 1 saturated carbocycles. The number of nitro benzene ring substituents is 2. The van der Waals surface area contributed by atoms with E-state index in [1.165, 1.54) is 0 Å². The molecule has 1 aromatic carbocycles. The molecule has 6 nitrogen and oxygen atoms in total. The predicted molar refractivity (Wildman–Crippen MR) is 120 cm³/mol. The quantitative estimate of drug-likeness (QED) is 0.107. The van der Waals surface area contributed by atoms with Gasteiger partial charge in [-0.25, -0.2) is 8.78 Å². The van der Waals surface area contributed by atoms with Crippen LogP contribution in [0.2, 0.25) is 0 Å². The molecule has 26 heteroatoms. The second kappa shape index (κ2) is 12.4. The summed E-state index contributed by atoms with van der Waals surface area (Å²) in [6.07, 6.45) is -9.24. The van der Waals surface area contributed by atoms with Crippen molar-refractivity contribution in [3.63, 3.8) is 0 Å². The van der Waals surface area contributed by atoms with Crippen LogP contribution >= 0.6 is 0 Å². The van der Waals surface area contributed by atoms with Gasteiger partial charge < -0.3 is 0 Å². The third-order valence-electron chi connectivity index (χ3n) is 7.62. The molecule has 0 saturated heterocycles. The Morgan fingerprint density at radius 1 is 0.592 bits per heavy atom. The number of non-ortho nitro benzene ring substituents is 1. The van der Waals surface area contributed by atoms with Gasteiger partial charge in [-0.1, -0.05) is 19.3 Å². The van der Waals surface area contributed by atoms with Crippen LogP contribution in [-0.2, 0) is 6.42 Å². The van der Waals surface area contributed by atoms with Gasteiger partial charge >= 0.3 is 59.7 Å². The summed E-state index contributed by atoms with van der Waals surface area (Å²) in [5.74, 6) is -78.2. The molecular weight excluding hydrogens is 748 g/mol. The minimum Gasteiger partial charge on any atom is -0.258 e. The van der Waals surface area contributed by atoms with Crippen LogP contribution in [0.25, 0.3) is 0 Å². The number of halogens is 20. The first kappa shape index (κ1) is 41.8. The third-order valence-corrected chi connectivity index (χ3v) is 7.62. The van der Waals surface area contributed by atoms with Crippen molar-refractivity contribution in [1.82, 2.24) is 0 Å². The lowest BCUT2D eigenvalue weighted by Gasteiger charge is -2.44. The lowest BCUT2D eigenvalue weighted by molar-refractivity contribution is -0.465.